The van der Waals surface area contributed by atoms with E-state index in [0.29, 0.717) is 30.1 Å². The third-order valence-corrected chi connectivity index (χ3v) is 10.3. The number of hydrogen-bond donors (Lipinski definition) is 4. The molecule has 0 radical (unpaired) electrons. The topological polar surface area (TPSA) is 98.0 Å². The minimum atomic E-state index is -0.748. The number of aliphatic hydroxyl groups is 3. The summed E-state index contributed by atoms with van der Waals surface area (Å²) in [6, 6.07) is 0. The second-order valence-corrected chi connectivity index (χ2v) is 11.4. The molecule has 4 rings (SSSR count). The number of carboxylic acids is 1. The molecule has 0 aromatic rings. The minimum Gasteiger partial charge on any atom is -0.481 e. The summed E-state index contributed by atoms with van der Waals surface area (Å²) in [7, 11) is 0. The Labute approximate surface area is 174 Å². The van der Waals surface area contributed by atoms with Gasteiger partial charge in [0.15, 0.2) is 0 Å². The van der Waals surface area contributed by atoms with Crippen LogP contribution in [-0.4, -0.2) is 44.7 Å². The first-order valence-electron chi connectivity index (χ1n) is 11.8. The predicted octanol–water partition coefficient (Wildman–Crippen LogP) is 3.45. The molecule has 0 aromatic heterocycles. The Balaban J connectivity index is 1.61. The van der Waals surface area contributed by atoms with Gasteiger partial charge in [0.1, 0.15) is 0 Å². The summed E-state index contributed by atoms with van der Waals surface area (Å²) in [6.07, 6.45) is 6.00. The quantitative estimate of drug-likeness (QED) is 0.571. The van der Waals surface area contributed by atoms with Crippen LogP contribution in [0.2, 0.25) is 0 Å². The van der Waals surface area contributed by atoms with Gasteiger partial charge in [-0.15, -0.1) is 0 Å². The number of aliphatic carboxylic acids is 1. The third-order valence-electron chi connectivity index (χ3n) is 10.3. The van der Waals surface area contributed by atoms with Crippen molar-refractivity contribution in [2.75, 3.05) is 0 Å². The van der Waals surface area contributed by atoms with Crippen molar-refractivity contribution in [1.29, 1.82) is 0 Å². The number of carboxylic acid groups (broad SMARTS) is 1. The maximum Gasteiger partial charge on any atom is 0.303 e. The fourth-order valence-electron chi connectivity index (χ4n) is 8.68. The summed E-state index contributed by atoms with van der Waals surface area (Å²) in [5.74, 6) is 0.997. The van der Waals surface area contributed by atoms with Gasteiger partial charge in [-0.25, -0.2) is 0 Å². The summed E-state index contributed by atoms with van der Waals surface area (Å²) in [5, 5.41) is 42.0. The summed E-state index contributed by atoms with van der Waals surface area (Å²) in [5.41, 5.74) is -0.143. The van der Waals surface area contributed by atoms with E-state index in [1.165, 1.54) is 0 Å². The van der Waals surface area contributed by atoms with Crippen molar-refractivity contribution in [3.05, 3.63) is 0 Å². The fourth-order valence-corrected chi connectivity index (χ4v) is 8.68. The Morgan fingerprint density at radius 3 is 2.45 bits per heavy atom. The van der Waals surface area contributed by atoms with Crippen LogP contribution in [0.5, 0.6) is 0 Å². The molecule has 0 saturated heterocycles. The SMILES string of the molecule is C[C@H](CCC(=O)O)[C@H]1CC[C@H]2C3[C@H](O)CC4C[C@H](O)CC[C@]4(C)[C@H]3C[C@H](O)[C@]12C. The number of fused-ring (bicyclic) bond motifs is 5. The molecule has 29 heavy (non-hydrogen) atoms. The third kappa shape index (κ3) is 3.27. The largest absolute Gasteiger partial charge is 0.481 e. The van der Waals surface area contributed by atoms with Gasteiger partial charge in [-0.05, 0) is 97.7 Å². The number of carbonyl (C=O) groups is 1. The molecule has 5 nitrogen and oxygen atoms in total. The van der Waals surface area contributed by atoms with E-state index in [4.69, 9.17) is 5.11 Å². The molecule has 0 aromatic carbocycles. The number of rotatable bonds is 4. The van der Waals surface area contributed by atoms with Crippen molar-refractivity contribution in [3.8, 4) is 0 Å². The van der Waals surface area contributed by atoms with Crippen molar-refractivity contribution in [2.45, 2.75) is 96.9 Å². The molecule has 0 spiro atoms. The molecule has 4 N–H and O–H groups in total. The highest BCUT2D eigenvalue weighted by atomic mass is 16.4. The van der Waals surface area contributed by atoms with Crippen LogP contribution in [0.1, 0.15) is 78.6 Å². The van der Waals surface area contributed by atoms with E-state index < -0.39 is 12.1 Å². The van der Waals surface area contributed by atoms with Crippen LogP contribution in [-0.2, 0) is 4.79 Å². The maximum absolute atomic E-state index is 11.5. The number of aliphatic hydroxyl groups excluding tert-OH is 3. The second kappa shape index (κ2) is 7.49. The molecule has 4 aliphatic rings. The highest BCUT2D eigenvalue weighted by Crippen LogP contribution is 2.68. The Hall–Kier alpha value is -0.650. The summed E-state index contributed by atoms with van der Waals surface area (Å²) in [6.45, 7) is 6.72. The first-order valence-corrected chi connectivity index (χ1v) is 11.8. The van der Waals surface area contributed by atoms with Crippen molar-refractivity contribution in [1.82, 2.24) is 0 Å². The molecular weight excluding hydrogens is 368 g/mol. The first-order chi connectivity index (χ1) is 13.6. The van der Waals surface area contributed by atoms with E-state index in [1.807, 2.05) is 0 Å². The van der Waals surface area contributed by atoms with Gasteiger partial charge >= 0.3 is 5.97 Å². The normalized spacial score (nSPS) is 52.9. The summed E-state index contributed by atoms with van der Waals surface area (Å²) < 4.78 is 0. The molecule has 4 saturated carbocycles. The molecule has 5 heteroatoms. The summed E-state index contributed by atoms with van der Waals surface area (Å²) in [4.78, 5) is 11.1. The van der Waals surface area contributed by atoms with Gasteiger partial charge in [0.25, 0.3) is 0 Å². The average molecular weight is 409 g/mol. The van der Waals surface area contributed by atoms with Crippen LogP contribution >= 0.6 is 0 Å². The van der Waals surface area contributed by atoms with Gasteiger partial charge in [-0.3, -0.25) is 4.79 Å². The first kappa shape index (κ1) is 21.6. The molecule has 0 bridgehead atoms. The molecule has 0 heterocycles. The molecule has 166 valence electrons. The fraction of sp³-hybridized carbons (Fsp3) is 0.958. The molecule has 11 atom stereocenters. The zero-order valence-electron chi connectivity index (χ0n) is 18.3. The van der Waals surface area contributed by atoms with E-state index in [2.05, 4.69) is 20.8 Å². The maximum atomic E-state index is 11.5. The zero-order valence-corrected chi connectivity index (χ0v) is 18.3. The minimum absolute atomic E-state index is 0.0957. The lowest BCUT2D eigenvalue weighted by Crippen LogP contribution is -2.62. The average Bonchev–Trinajstić information content (AvgIpc) is 3.01. The van der Waals surface area contributed by atoms with E-state index in [0.717, 1.165) is 44.9 Å². The lowest BCUT2D eigenvalue weighted by atomic mass is 9.43. The summed E-state index contributed by atoms with van der Waals surface area (Å²) >= 11 is 0. The Bertz CT molecular complexity index is 637. The lowest BCUT2D eigenvalue weighted by molar-refractivity contribution is -0.207. The van der Waals surface area contributed by atoms with E-state index in [1.54, 1.807) is 0 Å². The Kier molecular flexibility index (Phi) is 5.57. The van der Waals surface area contributed by atoms with Crippen LogP contribution in [0.3, 0.4) is 0 Å². The molecular formula is C24H40O5. The van der Waals surface area contributed by atoms with Gasteiger partial charge in [0, 0.05) is 6.42 Å². The van der Waals surface area contributed by atoms with E-state index >= 15 is 0 Å². The zero-order chi connectivity index (χ0) is 21.1. The lowest BCUT2D eigenvalue weighted by Gasteiger charge is -2.63. The van der Waals surface area contributed by atoms with Crippen molar-refractivity contribution < 1.29 is 25.2 Å². The van der Waals surface area contributed by atoms with Crippen LogP contribution < -0.4 is 0 Å². The highest BCUT2D eigenvalue weighted by molar-refractivity contribution is 5.66. The van der Waals surface area contributed by atoms with Crippen LogP contribution in [0, 0.1) is 46.3 Å². The van der Waals surface area contributed by atoms with Gasteiger partial charge in [-0.2, -0.15) is 0 Å². The molecule has 2 unspecified atom stereocenters. The van der Waals surface area contributed by atoms with E-state index in [-0.39, 0.29) is 41.3 Å². The smallest absolute Gasteiger partial charge is 0.303 e. The van der Waals surface area contributed by atoms with Crippen molar-refractivity contribution >= 4 is 5.97 Å². The van der Waals surface area contributed by atoms with Crippen molar-refractivity contribution in [3.63, 3.8) is 0 Å². The van der Waals surface area contributed by atoms with Gasteiger partial charge in [-0.1, -0.05) is 20.8 Å². The van der Waals surface area contributed by atoms with Crippen LogP contribution in [0.15, 0.2) is 0 Å². The molecule has 0 amide bonds. The standard InChI is InChI=1S/C24H40O5/c1-13(4-7-21(28)29)16-5-6-17-22-18(12-20(27)24(16,17)3)23(2)9-8-15(25)10-14(23)11-19(22)26/h13-20,22,25-27H,4-12H2,1-3H3,(H,28,29)/t13-,14?,15-,16-,17+,18+,19-,20+,22?,23+,24-/m1/s1. The molecule has 4 fully saturated rings. The number of hydrogen-bond acceptors (Lipinski definition) is 4. The van der Waals surface area contributed by atoms with E-state index in [9.17, 15) is 20.1 Å². The van der Waals surface area contributed by atoms with Crippen LogP contribution in [0.25, 0.3) is 0 Å². The van der Waals surface area contributed by atoms with Gasteiger partial charge < -0.3 is 20.4 Å². The predicted molar refractivity (Wildman–Crippen MR) is 110 cm³/mol. The van der Waals surface area contributed by atoms with Crippen LogP contribution in [0.4, 0.5) is 0 Å². The van der Waals surface area contributed by atoms with Gasteiger partial charge in [0.2, 0.25) is 0 Å². The highest BCUT2D eigenvalue weighted by Gasteiger charge is 2.65. The Morgan fingerprint density at radius 1 is 1.03 bits per heavy atom. The monoisotopic (exact) mass is 408 g/mol. The second-order valence-electron chi connectivity index (χ2n) is 11.4. The Morgan fingerprint density at radius 2 is 1.76 bits per heavy atom. The molecule has 0 aliphatic heterocycles. The van der Waals surface area contributed by atoms with Gasteiger partial charge in [0.05, 0.1) is 18.3 Å². The molecule has 4 aliphatic carbocycles. The van der Waals surface area contributed by atoms with Crippen molar-refractivity contribution in [2.24, 2.45) is 46.3 Å².